The Morgan fingerprint density at radius 1 is 1.21 bits per heavy atom. The second kappa shape index (κ2) is 4.88. The highest BCUT2D eigenvalue weighted by atomic mass is 16.4. The molecule has 1 fully saturated rings. The number of carbonyl (C=O) groups is 1. The van der Waals surface area contributed by atoms with E-state index in [0.29, 0.717) is 11.1 Å². The van der Waals surface area contributed by atoms with Crippen LogP contribution in [0, 0.1) is 0 Å². The number of hydrogen-bond acceptors (Lipinski definition) is 3. The molecular formula is C15H15NO3. The summed E-state index contributed by atoms with van der Waals surface area (Å²) in [6.07, 6.45) is 2.24. The van der Waals surface area contributed by atoms with Gasteiger partial charge in [0.2, 0.25) is 5.91 Å². The minimum Gasteiger partial charge on any atom is -0.423 e. The predicted molar refractivity (Wildman–Crippen MR) is 72.0 cm³/mol. The summed E-state index contributed by atoms with van der Waals surface area (Å²) in [6.45, 7) is 1.61. The second-order valence-corrected chi connectivity index (χ2v) is 4.86. The van der Waals surface area contributed by atoms with E-state index < -0.39 is 5.63 Å². The maximum Gasteiger partial charge on any atom is 0.339 e. The fourth-order valence-corrected chi connectivity index (χ4v) is 2.47. The molecule has 2 aromatic rings. The molecule has 4 heteroatoms. The van der Waals surface area contributed by atoms with E-state index in [9.17, 15) is 9.59 Å². The van der Waals surface area contributed by atoms with Crippen LogP contribution in [0.25, 0.3) is 11.0 Å². The van der Waals surface area contributed by atoms with Crippen LogP contribution >= 0.6 is 0 Å². The van der Waals surface area contributed by atoms with Crippen molar-refractivity contribution in [3.05, 3.63) is 46.3 Å². The molecule has 1 aliphatic heterocycles. The first-order valence-electron chi connectivity index (χ1n) is 6.53. The summed E-state index contributed by atoms with van der Waals surface area (Å²) < 4.78 is 5.23. The van der Waals surface area contributed by atoms with Gasteiger partial charge in [-0.25, -0.2) is 4.79 Å². The number of amides is 1. The molecule has 19 heavy (non-hydrogen) atoms. The topological polar surface area (TPSA) is 50.5 Å². The lowest BCUT2D eigenvalue weighted by Gasteiger charge is -2.14. The molecule has 0 radical (unpaired) electrons. The van der Waals surface area contributed by atoms with Gasteiger partial charge in [0.25, 0.3) is 0 Å². The van der Waals surface area contributed by atoms with E-state index in [1.54, 1.807) is 12.1 Å². The van der Waals surface area contributed by atoms with Gasteiger partial charge in [-0.2, -0.15) is 0 Å². The van der Waals surface area contributed by atoms with Gasteiger partial charge in [0.05, 0.1) is 6.42 Å². The van der Waals surface area contributed by atoms with Gasteiger partial charge in [-0.3, -0.25) is 4.79 Å². The van der Waals surface area contributed by atoms with E-state index in [-0.39, 0.29) is 12.3 Å². The lowest BCUT2D eigenvalue weighted by Crippen LogP contribution is -2.30. The smallest absolute Gasteiger partial charge is 0.339 e. The fraction of sp³-hybridized carbons (Fsp3) is 0.333. The lowest BCUT2D eigenvalue weighted by molar-refractivity contribution is -0.129. The number of nitrogens with zero attached hydrogens (tertiary/aromatic N) is 1. The van der Waals surface area contributed by atoms with E-state index in [2.05, 4.69) is 0 Å². The molecule has 1 amide bonds. The highest BCUT2D eigenvalue weighted by Crippen LogP contribution is 2.14. The van der Waals surface area contributed by atoms with Gasteiger partial charge in [0.1, 0.15) is 5.58 Å². The van der Waals surface area contributed by atoms with Crippen LogP contribution in [0.15, 0.2) is 39.5 Å². The Morgan fingerprint density at radius 2 is 1.95 bits per heavy atom. The highest BCUT2D eigenvalue weighted by Gasteiger charge is 2.19. The second-order valence-electron chi connectivity index (χ2n) is 4.86. The first-order chi connectivity index (χ1) is 9.24. The Balaban J connectivity index is 1.89. The van der Waals surface area contributed by atoms with Crippen molar-refractivity contribution in [2.45, 2.75) is 19.3 Å². The van der Waals surface area contributed by atoms with Crippen LogP contribution in [0.4, 0.5) is 0 Å². The van der Waals surface area contributed by atoms with E-state index >= 15 is 0 Å². The Bertz CT molecular complexity index is 668. The summed E-state index contributed by atoms with van der Waals surface area (Å²) in [5, 5.41) is 0.853. The average Bonchev–Trinajstić information content (AvgIpc) is 2.93. The number of rotatable bonds is 2. The first kappa shape index (κ1) is 12.0. The SMILES string of the molecule is O=C(Cc1cc2ccccc2oc1=O)N1CCCC1. The first-order valence-corrected chi connectivity index (χ1v) is 6.53. The minimum atomic E-state index is -0.411. The molecule has 0 saturated carbocycles. The van der Waals surface area contributed by atoms with Gasteiger partial charge in [-0.15, -0.1) is 0 Å². The van der Waals surface area contributed by atoms with Crippen molar-refractivity contribution in [3.8, 4) is 0 Å². The zero-order chi connectivity index (χ0) is 13.2. The molecule has 0 spiro atoms. The summed E-state index contributed by atoms with van der Waals surface area (Å²) in [5.41, 5.74) is 0.590. The summed E-state index contributed by atoms with van der Waals surface area (Å²) in [7, 11) is 0. The van der Waals surface area contributed by atoms with Gasteiger partial charge in [0, 0.05) is 24.0 Å². The van der Waals surface area contributed by atoms with Crippen molar-refractivity contribution in [2.24, 2.45) is 0 Å². The Labute approximate surface area is 110 Å². The minimum absolute atomic E-state index is 0.0140. The number of fused-ring (bicyclic) bond motifs is 1. The molecule has 2 heterocycles. The summed E-state index contributed by atoms with van der Waals surface area (Å²) in [5.74, 6) is 0.0140. The molecule has 3 rings (SSSR count). The van der Waals surface area contributed by atoms with Crippen LogP contribution in [-0.2, 0) is 11.2 Å². The van der Waals surface area contributed by atoms with Crippen molar-refractivity contribution in [1.29, 1.82) is 0 Å². The molecule has 1 aliphatic rings. The van der Waals surface area contributed by atoms with E-state index in [0.717, 1.165) is 31.3 Å². The van der Waals surface area contributed by atoms with Crippen molar-refractivity contribution in [1.82, 2.24) is 4.90 Å². The maximum absolute atomic E-state index is 12.0. The molecule has 0 bridgehead atoms. The fourth-order valence-electron chi connectivity index (χ4n) is 2.47. The molecule has 0 atom stereocenters. The molecule has 1 aromatic carbocycles. The number of carbonyl (C=O) groups excluding carboxylic acids is 1. The normalized spacial score (nSPS) is 15.1. The summed E-state index contributed by atoms with van der Waals surface area (Å²) >= 11 is 0. The lowest BCUT2D eigenvalue weighted by atomic mass is 10.1. The number of likely N-dealkylation sites (tertiary alicyclic amines) is 1. The third-order valence-electron chi connectivity index (χ3n) is 3.51. The standard InChI is InChI=1S/C15H15NO3/c17-14(16-7-3-4-8-16)10-12-9-11-5-1-2-6-13(11)19-15(12)18/h1-2,5-6,9H,3-4,7-8,10H2. The van der Waals surface area contributed by atoms with Gasteiger partial charge in [0.15, 0.2) is 0 Å². The zero-order valence-electron chi connectivity index (χ0n) is 10.6. The Morgan fingerprint density at radius 3 is 2.74 bits per heavy atom. The Kier molecular flexibility index (Phi) is 3.07. The molecule has 98 valence electrons. The van der Waals surface area contributed by atoms with Crippen LogP contribution in [-0.4, -0.2) is 23.9 Å². The molecule has 0 aliphatic carbocycles. The van der Waals surface area contributed by atoms with Crippen LogP contribution in [0.1, 0.15) is 18.4 Å². The van der Waals surface area contributed by atoms with E-state index in [1.165, 1.54) is 0 Å². The maximum atomic E-state index is 12.0. The van der Waals surface area contributed by atoms with Crippen LogP contribution in [0.2, 0.25) is 0 Å². The highest BCUT2D eigenvalue weighted by molar-refractivity contribution is 5.81. The summed E-state index contributed by atoms with van der Waals surface area (Å²) in [6, 6.07) is 9.09. The van der Waals surface area contributed by atoms with Crippen molar-refractivity contribution in [2.75, 3.05) is 13.1 Å². The number of benzene rings is 1. The third kappa shape index (κ3) is 2.38. The predicted octanol–water partition coefficient (Wildman–Crippen LogP) is 1.96. The third-order valence-corrected chi connectivity index (χ3v) is 3.51. The molecular weight excluding hydrogens is 242 g/mol. The molecule has 0 unspecified atom stereocenters. The zero-order valence-corrected chi connectivity index (χ0v) is 10.6. The van der Waals surface area contributed by atoms with Crippen LogP contribution in [0.5, 0.6) is 0 Å². The molecule has 4 nitrogen and oxygen atoms in total. The van der Waals surface area contributed by atoms with Crippen LogP contribution in [0.3, 0.4) is 0 Å². The van der Waals surface area contributed by atoms with Gasteiger partial charge >= 0.3 is 5.63 Å². The number of para-hydroxylation sites is 1. The Hall–Kier alpha value is -2.10. The number of hydrogen-bond donors (Lipinski definition) is 0. The average molecular weight is 257 g/mol. The van der Waals surface area contributed by atoms with Crippen molar-refractivity contribution in [3.63, 3.8) is 0 Å². The van der Waals surface area contributed by atoms with Gasteiger partial charge in [-0.05, 0) is 25.0 Å². The van der Waals surface area contributed by atoms with Crippen molar-refractivity contribution < 1.29 is 9.21 Å². The van der Waals surface area contributed by atoms with Crippen LogP contribution < -0.4 is 5.63 Å². The van der Waals surface area contributed by atoms with Crippen molar-refractivity contribution >= 4 is 16.9 Å². The molecule has 1 saturated heterocycles. The van der Waals surface area contributed by atoms with Gasteiger partial charge < -0.3 is 9.32 Å². The van der Waals surface area contributed by atoms with Gasteiger partial charge in [-0.1, -0.05) is 18.2 Å². The monoisotopic (exact) mass is 257 g/mol. The molecule has 0 N–H and O–H groups in total. The summed E-state index contributed by atoms with van der Waals surface area (Å²) in [4.78, 5) is 25.7. The van der Waals surface area contributed by atoms with E-state index in [1.807, 2.05) is 23.1 Å². The largest absolute Gasteiger partial charge is 0.423 e. The molecule has 1 aromatic heterocycles. The quantitative estimate of drug-likeness (QED) is 0.773. The van der Waals surface area contributed by atoms with E-state index in [4.69, 9.17) is 4.42 Å².